The number of nitrogens with zero attached hydrogens (tertiary/aromatic N) is 2. The van der Waals surface area contributed by atoms with E-state index in [1.165, 1.54) is 0 Å². The molecular formula is C13H11F3N4O2S2. The van der Waals surface area contributed by atoms with Crippen LogP contribution in [0.1, 0.15) is 33.1 Å². The minimum absolute atomic E-state index is 0.0341. The average Bonchev–Trinajstić information content (AvgIpc) is 3.12. The molecule has 0 spiro atoms. The minimum atomic E-state index is -4.60. The number of aryl methyl sites for hydroxylation is 1. The Balaban J connectivity index is 1.69. The number of halogens is 3. The Hall–Kier alpha value is -2.01. The van der Waals surface area contributed by atoms with Crippen LogP contribution in [-0.4, -0.2) is 22.0 Å². The lowest BCUT2D eigenvalue weighted by Gasteiger charge is -2.00. The molecule has 2 aromatic rings. The molecule has 24 heavy (non-hydrogen) atoms. The lowest BCUT2D eigenvalue weighted by atomic mass is 10.3. The molecule has 1 fully saturated rings. The van der Waals surface area contributed by atoms with Gasteiger partial charge >= 0.3 is 6.18 Å². The lowest BCUT2D eigenvalue weighted by Crippen LogP contribution is -2.12. The number of anilines is 2. The molecule has 0 unspecified atom stereocenters. The van der Waals surface area contributed by atoms with Gasteiger partial charge in [0.1, 0.15) is 0 Å². The van der Waals surface area contributed by atoms with Crippen LogP contribution < -0.4 is 10.6 Å². The van der Waals surface area contributed by atoms with Gasteiger partial charge in [0.25, 0.3) is 5.91 Å². The van der Waals surface area contributed by atoms with Gasteiger partial charge in [0.2, 0.25) is 16.0 Å². The SMILES string of the molecule is Cc1cc(NC(=O)C2CC2)sc1C(=O)Nc1nnc(C(F)(F)F)s1. The molecule has 0 atom stereocenters. The highest BCUT2D eigenvalue weighted by Gasteiger charge is 2.36. The van der Waals surface area contributed by atoms with Gasteiger partial charge in [-0.05, 0) is 31.4 Å². The zero-order valence-corrected chi connectivity index (χ0v) is 13.9. The van der Waals surface area contributed by atoms with E-state index in [1.807, 2.05) is 0 Å². The van der Waals surface area contributed by atoms with E-state index in [4.69, 9.17) is 0 Å². The zero-order valence-electron chi connectivity index (χ0n) is 12.2. The number of alkyl halides is 3. The number of hydrogen-bond acceptors (Lipinski definition) is 6. The first-order valence-corrected chi connectivity index (χ1v) is 8.50. The molecule has 128 valence electrons. The second-order valence-corrected chi connectivity index (χ2v) is 7.28. The molecule has 2 heterocycles. The van der Waals surface area contributed by atoms with Crippen molar-refractivity contribution in [2.75, 3.05) is 10.6 Å². The fraction of sp³-hybridized carbons (Fsp3) is 0.385. The second kappa shape index (κ2) is 6.13. The first kappa shape index (κ1) is 16.8. The van der Waals surface area contributed by atoms with Gasteiger partial charge in [0.05, 0.1) is 9.88 Å². The maximum Gasteiger partial charge on any atom is 0.445 e. The first-order chi connectivity index (χ1) is 11.2. The van der Waals surface area contributed by atoms with Crippen molar-refractivity contribution in [3.8, 4) is 0 Å². The predicted octanol–water partition coefficient (Wildman–Crippen LogP) is 3.53. The third-order valence-electron chi connectivity index (χ3n) is 3.21. The molecule has 0 bridgehead atoms. The summed E-state index contributed by atoms with van der Waals surface area (Å²) in [7, 11) is 0. The molecule has 1 aliphatic carbocycles. The Labute approximate surface area is 142 Å². The molecule has 2 aromatic heterocycles. The van der Waals surface area contributed by atoms with Gasteiger partial charge in [0.15, 0.2) is 0 Å². The van der Waals surface area contributed by atoms with Crippen molar-refractivity contribution in [1.29, 1.82) is 0 Å². The van der Waals surface area contributed by atoms with Gasteiger partial charge in [-0.15, -0.1) is 21.5 Å². The van der Waals surface area contributed by atoms with E-state index in [1.54, 1.807) is 13.0 Å². The highest BCUT2D eigenvalue weighted by molar-refractivity contribution is 7.18. The summed E-state index contributed by atoms with van der Waals surface area (Å²) in [6, 6.07) is 1.65. The van der Waals surface area contributed by atoms with Crippen molar-refractivity contribution in [2.24, 2.45) is 5.92 Å². The Morgan fingerprint density at radius 2 is 1.92 bits per heavy atom. The van der Waals surface area contributed by atoms with Crippen molar-refractivity contribution in [3.63, 3.8) is 0 Å². The Bertz CT molecular complexity index is 795. The highest BCUT2D eigenvalue weighted by atomic mass is 32.1. The second-order valence-electron chi connectivity index (χ2n) is 5.25. The molecular weight excluding hydrogens is 365 g/mol. The topological polar surface area (TPSA) is 84.0 Å². The van der Waals surface area contributed by atoms with Gasteiger partial charge in [-0.1, -0.05) is 11.3 Å². The molecule has 11 heteroatoms. The van der Waals surface area contributed by atoms with Crippen LogP contribution in [0.2, 0.25) is 0 Å². The van der Waals surface area contributed by atoms with Crippen molar-refractivity contribution in [2.45, 2.75) is 25.9 Å². The van der Waals surface area contributed by atoms with Crippen LogP contribution in [0, 0.1) is 12.8 Å². The van der Waals surface area contributed by atoms with Crippen LogP contribution in [0.25, 0.3) is 0 Å². The van der Waals surface area contributed by atoms with Crippen molar-refractivity contribution >= 4 is 44.6 Å². The van der Waals surface area contributed by atoms with Crippen molar-refractivity contribution in [3.05, 3.63) is 21.5 Å². The Morgan fingerprint density at radius 3 is 2.50 bits per heavy atom. The molecule has 0 radical (unpaired) electrons. The van der Waals surface area contributed by atoms with Crippen LogP contribution >= 0.6 is 22.7 Å². The van der Waals surface area contributed by atoms with Crippen LogP contribution in [0.4, 0.5) is 23.3 Å². The molecule has 1 aliphatic rings. The maximum absolute atomic E-state index is 12.5. The number of amides is 2. The molecule has 3 rings (SSSR count). The monoisotopic (exact) mass is 376 g/mol. The zero-order chi connectivity index (χ0) is 17.5. The number of aromatic nitrogens is 2. The summed E-state index contributed by atoms with van der Waals surface area (Å²) >= 11 is 1.32. The number of thiophene rings is 1. The summed E-state index contributed by atoms with van der Waals surface area (Å²) in [6.45, 7) is 1.68. The molecule has 2 amide bonds. The van der Waals surface area contributed by atoms with Gasteiger partial charge < -0.3 is 5.32 Å². The van der Waals surface area contributed by atoms with Crippen LogP contribution in [-0.2, 0) is 11.0 Å². The maximum atomic E-state index is 12.5. The lowest BCUT2D eigenvalue weighted by molar-refractivity contribution is -0.138. The Morgan fingerprint density at radius 1 is 1.21 bits per heavy atom. The molecule has 0 aromatic carbocycles. The molecule has 6 nitrogen and oxygen atoms in total. The third kappa shape index (κ3) is 3.73. The number of rotatable bonds is 4. The van der Waals surface area contributed by atoms with Gasteiger partial charge in [-0.3, -0.25) is 14.9 Å². The van der Waals surface area contributed by atoms with E-state index < -0.39 is 17.1 Å². The van der Waals surface area contributed by atoms with Gasteiger partial charge in [-0.25, -0.2) is 0 Å². The van der Waals surface area contributed by atoms with E-state index in [2.05, 4.69) is 20.8 Å². The summed E-state index contributed by atoms with van der Waals surface area (Å²) in [5.74, 6) is -0.636. The number of carbonyl (C=O) groups is 2. The normalized spacial score (nSPS) is 14.5. The molecule has 0 saturated heterocycles. The summed E-state index contributed by atoms with van der Waals surface area (Å²) in [6.07, 6.45) is -2.87. The third-order valence-corrected chi connectivity index (χ3v) is 5.24. The minimum Gasteiger partial charge on any atom is -0.317 e. The predicted molar refractivity (Wildman–Crippen MR) is 83.3 cm³/mol. The van der Waals surface area contributed by atoms with Crippen LogP contribution in [0.15, 0.2) is 6.07 Å². The van der Waals surface area contributed by atoms with E-state index in [0.29, 0.717) is 15.4 Å². The Kier molecular flexibility index (Phi) is 4.30. The van der Waals surface area contributed by atoms with E-state index in [0.717, 1.165) is 24.2 Å². The summed E-state index contributed by atoms with van der Waals surface area (Å²) in [4.78, 5) is 24.2. The largest absolute Gasteiger partial charge is 0.445 e. The van der Waals surface area contributed by atoms with Crippen molar-refractivity contribution < 1.29 is 22.8 Å². The fourth-order valence-electron chi connectivity index (χ4n) is 1.88. The van der Waals surface area contributed by atoms with Crippen LogP contribution in [0.3, 0.4) is 0 Å². The van der Waals surface area contributed by atoms with Gasteiger partial charge in [0, 0.05) is 5.92 Å². The van der Waals surface area contributed by atoms with E-state index in [-0.39, 0.29) is 28.3 Å². The summed E-state index contributed by atoms with van der Waals surface area (Å²) in [5, 5.41) is 10.5. The fourth-order valence-corrected chi connectivity index (χ4v) is 3.46. The first-order valence-electron chi connectivity index (χ1n) is 6.87. The van der Waals surface area contributed by atoms with E-state index >= 15 is 0 Å². The van der Waals surface area contributed by atoms with Crippen LogP contribution in [0.5, 0.6) is 0 Å². The number of hydrogen-bond donors (Lipinski definition) is 2. The van der Waals surface area contributed by atoms with E-state index in [9.17, 15) is 22.8 Å². The highest BCUT2D eigenvalue weighted by Crippen LogP contribution is 2.35. The van der Waals surface area contributed by atoms with Gasteiger partial charge in [-0.2, -0.15) is 13.2 Å². The quantitative estimate of drug-likeness (QED) is 0.855. The average molecular weight is 376 g/mol. The molecule has 0 aliphatic heterocycles. The molecule has 1 saturated carbocycles. The van der Waals surface area contributed by atoms with Crippen molar-refractivity contribution in [1.82, 2.24) is 10.2 Å². The number of carbonyl (C=O) groups excluding carboxylic acids is 2. The smallest absolute Gasteiger partial charge is 0.317 e. The number of nitrogens with one attached hydrogen (secondary N) is 2. The summed E-state index contributed by atoms with van der Waals surface area (Å²) < 4.78 is 37.4. The standard InChI is InChI=1S/C13H11F3N4O2S2/c1-5-4-7(17-9(21)6-2-3-6)23-8(5)10(22)18-12-20-19-11(24-12)13(14,15)16/h4,6H,2-3H2,1H3,(H,17,21)(H,18,20,22). The summed E-state index contributed by atoms with van der Waals surface area (Å²) in [5.41, 5.74) is 0.615. The molecule has 2 N–H and O–H groups in total.